The summed E-state index contributed by atoms with van der Waals surface area (Å²) in [6.45, 7) is 1.74. The SMILES string of the molecule is CC[C@@H](Oc1ccccc1F)C(=O)Nc1ccc(S(=O)(=O)Nc2ccc(Br)cc2)cc1. The number of anilines is 2. The standard InChI is InChI=1S/C22H20BrFN2O4S/c1-2-20(30-21-6-4-3-5-19(21)24)22(27)25-16-11-13-18(14-12-16)31(28,29)26-17-9-7-15(23)8-10-17/h3-14,20,26H,2H2,1H3,(H,25,27)/t20-/m1/s1. The van der Waals surface area contributed by atoms with Gasteiger partial charge >= 0.3 is 0 Å². The summed E-state index contributed by atoms with van der Waals surface area (Å²) in [5.41, 5.74) is 0.819. The highest BCUT2D eigenvalue weighted by atomic mass is 79.9. The highest BCUT2D eigenvalue weighted by Gasteiger charge is 2.20. The van der Waals surface area contributed by atoms with Crippen molar-refractivity contribution in [3.05, 3.63) is 83.1 Å². The molecule has 162 valence electrons. The molecule has 0 unspecified atom stereocenters. The van der Waals surface area contributed by atoms with E-state index in [1.54, 1.807) is 37.3 Å². The minimum absolute atomic E-state index is 0.00930. The minimum Gasteiger partial charge on any atom is -0.478 e. The molecule has 2 N–H and O–H groups in total. The van der Waals surface area contributed by atoms with Gasteiger partial charge in [-0.3, -0.25) is 9.52 Å². The van der Waals surface area contributed by atoms with Crippen LogP contribution in [0, 0.1) is 5.82 Å². The first-order valence-corrected chi connectivity index (χ1v) is 11.7. The molecule has 0 saturated carbocycles. The second-order valence-electron chi connectivity index (χ2n) is 6.57. The molecule has 0 aromatic heterocycles. The molecule has 3 aromatic carbocycles. The molecular formula is C22H20BrFN2O4S. The normalized spacial score (nSPS) is 12.1. The Bertz CT molecular complexity index is 1150. The molecule has 0 aliphatic carbocycles. The zero-order chi connectivity index (χ0) is 22.4. The van der Waals surface area contributed by atoms with Gasteiger partial charge in [-0.2, -0.15) is 0 Å². The van der Waals surface area contributed by atoms with Gasteiger partial charge in [-0.25, -0.2) is 12.8 Å². The van der Waals surface area contributed by atoms with Crippen molar-refractivity contribution in [1.29, 1.82) is 0 Å². The van der Waals surface area contributed by atoms with Crippen LogP contribution >= 0.6 is 15.9 Å². The third-order valence-corrected chi connectivity index (χ3v) is 6.22. The number of benzene rings is 3. The average Bonchev–Trinajstić information content (AvgIpc) is 2.75. The van der Waals surface area contributed by atoms with Crippen LogP contribution < -0.4 is 14.8 Å². The van der Waals surface area contributed by atoms with E-state index in [0.717, 1.165) is 4.47 Å². The summed E-state index contributed by atoms with van der Waals surface area (Å²) >= 11 is 3.30. The Morgan fingerprint density at radius 1 is 1.00 bits per heavy atom. The van der Waals surface area contributed by atoms with Crippen LogP contribution in [0.25, 0.3) is 0 Å². The number of nitrogens with one attached hydrogen (secondary N) is 2. The van der Waals surface area contributed by atoms with Gasteiger partial charge < -0.3 is 10.1 Å². The minimum atomic E-state index is -3.78. The summed E-state index contributed by atoms with van der Waals surface area (Å²) in [7, 11) is -3.78. The van der Waals surface area contributed by atoms with Crippen molar-refractivity contribution in [3.63, 3.8) is 0 Å². The van der Waals surface area contributed by atoms with E-state index in [4.69, 9.17) is 4.74 Å². The van der Waals surface area contributed by atoms with E-state index in [0.29, 0.717) is 17.8 Å². The Morgan fingerprint density at radius 2 is 1.61 bits per heavy atom. The molecule has 0 saturated heterocycles. The molecule has 3 aromatic rings. The van der Waals surface area contributed by atoms with Gasteiger partial charge in [-0.05, 0) is 67.1 Å². The first kappa shape index (κ1) is 22.8. The van der Waals surface area contributed by atoms with Gasteiger partial charge in [-0.1, -0.05) is 35.0 Å². The first-order chi connectivity index (χ1) is 14.8. The number of hydrogen-bond donors (Lipinski definition) is 2. The van der Waals surface area contributed by atoms with Gasteiger partial charge in [0.1, 0.15) is 0 Å². The quantitative estimate of drug-likeness (QED) is 0.440. The van der Waals surface area contributed by atoms with E-state index in [9.17, 15) is 17.6 Å². The number of carbonyl (C=O) groups excluding carboxylic acids is 1. The van der Waals surface area contributed by atoms with Crippen LogP contribution in [-0.4, -0.2) is 20.4 Å². The maximum atomic E-state index is 13.8. The maximum Gasteiger partial charge on any atom is 0.265 e. The highest BCUT2D eigenvalue weighted by molar-refractivity contribution is 9.10. The summed E-state index contributed by atoms with van der Waals surface area (Å²) in [6, 6.07) is 18.3. The number of sulfonamides is 1. The highest BCUT2D eigenvalue weighted by Crippen LogP contribution is 2.21. The van der Waals surface area contributed by atoms with Crippen LogP contribution in [0.1, 0.15) is 13.3 Å². The Balaban J connectivity index is 1.67. The van der Waals surface area contributed by atoms with E-state index in [2.05, 4.69) is 26.0 Å². The van der Waals surface area contributed by atoms with Crippen LogP contribution in [-0.2, 0) is 14.8 Å². The van der Waals surface area contributed by atoms with Crippen molar-refractivity contribution in [1.82, 2.24) is 0 Å². The lowest BCUT2D eigenvalue weighted by atomic mass is 10.2. The molecule has 0 aliphatic heterocycles. The Kier molecular flexibility index (Phi) is 7.29. The number of amides is 1. The molecule has 0 radical (unpaired) electrons. The average molecular weight is 507 g/mol. The Morgan fingerprint density at radius 3 is 2.23 bits per heavy atom. The van der Waals surface area contributed by atoms with E-state index < -0.39 is 27.9 Å². The topological polar surface area (TPSA) is 84.5 Å². The number of halogens is 2. The summed E-state index contributed by atoms with van der Waals surface area (Å²) in [5.74, 6) is -1.03. The zero-order valence-electron chi connectivity index (χ0n) is 16.5. The second kappa shape index (κ2) is 9.93. The van der Waals surface area contributed by atoms with Gasteiger partial charge in [0.25, 0.3) is 15.9 Å². The van der Waals surface area contributed by atoms with Crippen molar-refractivity contribution in [3.8, 4) is 5.75 Å². The molecule has 31 heavy (non-hydrogen) atoms. The lowest BCUT2D eigenvalue weighted by molar-refractivity contribution is -0.122. The van der Waals surface area contributed by atoms with Gasteiger partial charge in [0.2, 0.25) is 0 Å². The van der Waals surface area contributed by atoms with Crippen LogP contribution in [0.5, 0.6) is 5.75 Å². The number of hydrogen-bond acceptors (Lipinski definition) is 4. The van der Waals surface area contributed by atoms with E-state index in [1.807, 2.05) is 0 Å². The Labute approximate surface area is 188 Å². The molecule has 0 spiro atoms. The van der Waals surface area contributed by atoms with Gasteiger partial charge in [0, 0.05) is 15.8 Å². The van der Waals surface area contributed by atoms with E-state index in [-0.39, 0.29) is 10.6 Å². The lowest BCUT2D eigenvalue weighted by Gasteiger charge is -2.17. The first-order valence-electron chi connectivity index (χ1n) is 9.39. The van der Waals surface area contributed by atoms with Crippen molar-refractivity contribution >= 4 is 43.2 Å². The molecule has 0 fully saturated rings. The predicted molar refractivity (Wildman–Crippen MR) is 121 cm³/mol. The third-order valence-electron chi connectivity index (χ3n) is 4.30. The Hall–Kier alpha value is -2.91. The zero-order valence-corrected chi connectivity index (χ0v) is 18.9. The van der Waals surface area contributed by atoms with Gasteiger partial charge in [-0.15, -0.1) is 0 Å². The van der Waals surface area contributed by atoms with Crippen molar-refractivity contribution in [2.45, 2.75) is 24.3 Å². The molecule has 1 amide bonds. The largest absolute Gasteiger partial charge is 0.478 e. The third kappa shape index (κ3) is 6.05. The van der Waals surface area contributed by atoms with Crippen LogP contribution in [0.3, 0.4) is 0 Å². The fraction of sp³-hybridized carbons (Fsp3) is 0.136. The molecule has 0 aliphatic rings. The van der Waals surface area contributed by atoms with Crippen molar-refractivity contribution < 1.29 is 22.3 Å². The second-order valence-corrected chi connectivity index (χ2v) is 9.17. The molecule has 3 rings (SSSR count). The lowest BCUT2D eigenvalue weighted by Crippen LogP contribution is -2.32. The maximum absolute atomic E-state index is 13.8. The van der Waals surface area contributed by atoms with Crippen molar-refractivity contribution in [2.24, 2.45) is 0 Å². The van der Waals surface area contributed by atoms with Gasteiger partial charge in [0.15, 0.2) is 17.7 Å². The summed E-state index contributed by atoms with van der Waals surface area (Å²) in [4.78, 5) is 12.6. The van der Waals surface area contributed by atoms with Crippen molar-refractivity contribution in [2.75, 3.05) is 10.0 Å². The molecule has 0 bridgehead atoms. The summed E-state index contributed by atoms with van der Waals surface area (Å²) < 4.78 is 47.7. The summed E-state index contributed by atoms with van der Waals surface area (Å²) in [6.07, 6.45) is -0.580. The number of para-hydroxylation sites is 1. The van der Waals surface area contributed by atoms with Gasteiger partial charge in [0.05, 0.1) is 4.90 Å². The molecular weight excluding hydrogens is 487 g/mol. The monoisotopic (exact) mass is 506 g/mol. The predicted octanol–water partition coefficient (Wildman–Crippen LogP) is 5.19. The van der Waals surface area contributed by atoms with E-state index >= 15 is 0 Å². The molecule has 9 heteroatoms. The molecule has 6 nitrogen and oxygen atoms in total. The number of rotatable bonds is 8. The summed E-state index contributed by atoms with van der Waals surface area (Å²) in [5, 5.41) is 2.66. The van der Waals surface area contributed by atoms with E-state index in [1.165, 1.54) is 42.5 Å². The van der Waals surface area contributed by atoms with Crippen LogP contribution in [0.4, 0.5) is 15.8 Å². The number of carbonyl (C=O) groups is 1. The van der Waals surface area contributed by atoms with Crippen LogP contribution in [0.2, 0.25) is 0 Å². The fourth-order valence-corrected chi connectivity index (χ4v) is 4.01. The fourth-order valence-electron chi connectivity index (χ4n) is 2.69. The smallest absolute Gasteiger partial charge is 0.265 e. The molecule has 1 atom stereocenters. The molecule has 0 heterocycles. The van der Waals surface area contributed by atoms with Crippen LogP contribution in [0.15, 0.2) is 82.2 Å². The number of ether oxygens (including phenoxy) is 1.